The Morgan fingerprint density at radius 3 is 3.13 bits per heavy atom. The zero-order valence-electron chi connectivity index (χ0n) is 8.26. The lowest BCUT2D eigenvalue weighted by Gasteiger charge is -2.03. The molecule has 0 spiro atoms. The lowest BCUT2D eigenvalue weighted by molar-refractivity contribution is 0.542. The summed E-state index contributed by atoms with van der Waals surface area (Å²) >= 11 is 1.68. The fraction of sp³-hybridized carbons (Fsp3) is 0.333. The molecule has 6 heteroatoms. The van der Waals surface area contributed by atoms with Gasteiger partial charge in [-0.25, -0.2) is 0 Å². The van der Waals surface area contributed by atoms with Gasteiger partial charge in [0.05, 0.1) is 12.7 Å². The minimum absolute atomic E-state index is 0.818. The Balaban J connectivity index is 1.70. The van der Waals surface area contributed by atoms with Crippen LogP contribution in [0.25, 0.3) is 0 Å². The average Bonchev–Trinajstić information content (AvgIpc) is 2.85. The van der Waals surface area contributed by atoms with E-state index in [2.05, 4.69) is 15.6 Å². The second-order valence-corrected chi connectivity index (χ2v) is 4.14. The molecule has 3 N–H and O–H groups in total. The van der Waals surface area contributed by atoms with Gasteiger partial charge in [-0.2, -0.15) is 0 Å². The summed E-state index contributed by atoms with van der Waals surface area (Å²) in [4.78, 5) is 1.19. The predicted octanol–water partition coefficient (Wildman–Crippen LogP) is 0.712. The highest BCUT2D eigenvalue weighted by Crippen LogP contribution is 2.17. The minimum atomic E-state index is 0.818. The van der Waals surface area contributed by atoms with E-state index < -0.39 is 0 Å². The second-order valence-electron chi connectivity index (χ2n) is 3.14. The van der Waals surface area contributed by atoms with Crippen LogP contribution in [0.15, 0.2) is 23.8 Å². The molecule has 0 saturated heterocycles. The van der Waals surface area contributed by atoms with E-state index in [0.717, 1.165) is 25.3 Å². The normalized spacial score (nSPS) is 10.7. The van der Waals surface area contributed by atoms with Crippen molar-refractivity contribution in [1.29, 1.82) is 0 Å². The summed E-state index contributed by atoms with van der Waals surface area (Å²) < 4.78 is 1.80. The van der Waals surface area contributed by atoms with E-state index in [1.54, 1.807) is 22.2 Å². The van der Waals surface area contributed by atoms with Crippen LogP contribution in [0, 0.1) is 0 Å². The Bertz CT molecular complexity index is 394. The van der Waals surface area contributed by atoms with Gasteiger partial charge in [-0.05, 0) is 11.4 Å². The molecule has 0 fully saturated rings. The van der Waals surface area contributed by atoms with Crippen molar-refractivity contribution in [3.8, 4) is 0 Å². The fourth-order valence-corrected chi connectivity index (χ4v) is 2.01. The number of nitrogens with two attached hydrogens (primary N) is 1. The van der Waals surface area contributed by atoms with Crippen molar-refractivity contribution in [1.82, 2.24) is 20.3 Å². The number of nitrogens with one attached hydrogen (secondary N) is 1. The van der Waals surface area contributed by atoms with Crippen LogP contribution in [0.3, 0.4) is 0 Å². The molecular formula is C9H13N5S. The van der Waals surface area contributed by atoms with Gasteiger partial charge in [-0.3, -0.25) is 4.68 Å². The van der Waals surface area contributed by atoms with Crippen LogP contribution in [0.2, 0.25) is 0 Å². The topological polar surface area (TPSA) is 68.8 Å². The largest absolute Gasteiger partial charge is 0.398 e. The number of anilines is 1. The van der Waals surface area contributed by atoms with Crippen LogP contribution in [0.1, 0.15) is 4.88 Å². The highest BCUT2D eigenvalue weighted by atomic mass is 32.1. The highest BCUT2D eigenvalue weighted by Gasteiger charge is 1.99. The van der Waals surface area contributed by atoms with E-state index in [9.17, 15) is 0 Å². The van der Waals surface area contributed by atoms with Crippen LogP contribution in [-0.2, 0) is 13.1 Å². The van der Waals surface area contributed by atoms with Gasteiger partial charge in [0.25, 0.3) is 0 Å². The molecule has 80 valence electrons. The molecule has 0 saturated carbocycles. The lowest BCUT2D eigenvalue weighted by atomic mass is 10.4. The van der Waals surface area contributed by atoms with Crippen LogP contribution < -0.4 is 11.1 Å². The molecule has 0 aliphatic heterocycles. The van der Waals surface area contributed by atoms with Crippen molar-refractivity contribution in [2.24, 2.45) is 0 Å². The summed E-state index contributed by atoms with van der Waals surface area (Å²) in [6.07, 6.45) is 3.53. The van der Waals surface area contributed by atoms with Gasteiger partial charge in [0.15, 0.2) is 0 Å². The maximum Gasteiger partial charge on any atom is 0.0692 e. The molecule has 5 nitrogen and oxygen atoms in total. The Morgan fingerprint density at radius 2 is 2.47 bits per heavy atom. The molecule has 0 unspecified atom stereocenters. The molecule has 2 heterocycles. The number of rotatable bonds is 5. The molecule has 2 aromatic rings. The quantitative estimate of drug-likeness (QED) is 0.733. The van der Waals surface area contributed by atoms with Crippen molar-refractivity contribution < 1.29 is 0 Å². The smallest absolute Gasteiger partial charge is 0.0692 e. The highest BCUT2D eigenvalue weighted by molar-refractivity contribution is 7.10. The molecule has 0 amide bonds. The molecule has 0 atom stereocenters. The molecule has 2 aromatic heterocycles. The molecule has 15 heavy (non-hydrogen) atoms. The van der Waals surface area contributed by atoms with Crippen molar-refractivity contribution in [2.75, 3.05) is 12.3 Å². The van der Waals surface area contributed by atoms with Gasteiger partial charge < -0.3 is 11.1 Å². The monoisotopic (exact) mass is 223 g/mol. The molecule has 0 aliphatic rings. The van der Waals surface area contributed by atoms with Gasteiger partial charge in [0.2, 0.25) is 0 Å². The molecule has 0 aliphatic carbocycles. The maximum atomic E-state index is 5.76. The average molecular weight is 223 g/mol. The first-order chi connectivity index (χ1) is 7.36. The van der Waals surface area contributed by atoms with E-state index in [-0.39, 0.29) is 0 Å². The summed E-state index contributed by atoms with van der Waals surface area (Å²) in [7, 11) is 0. The van der Waals surface area contributed by atoms with Crippen LogP contribution in [0.4, 0.5) is 5.69 Å². The van der Waals surface area contributed by atoms with Crippen molar-refractivity contribution in [3.63, 3.8) is 0 Å². The van der Waals surface area contributed by atoms with Gasteiger partial charge >= 0.3 is 0 Å². The zero-order chi connectivity index (χ0) is 10.5. The molecule has 0 bridgehead atoms. The summed E-state index contributed by atoms with van der Waals surface area (Å²) in [6.45, 7) is 2.50. The third-order valence-electron chi connectivity index (χ3n) is 2.06. The van der Waals surface area contributed by atoms with Crippen molar-refractivity contribution in [2.45, 2.75) is 13.1 Å². The first-order valence-corrected chi connectivity index (χ1v) is 5.61. The van der Waals surface area contributed by atoms with Crippen molar-refractivity contribution in [3.05, 3.63) is 28.7 Å². The first-order valence-electron chi connectivity index (χ1n) is 4.73. The van der Waals surface area contributed by atoms with Gasteiger partial charge in [-0.1, -0.05) is 5.21 Å². The minimum Gasteiger partial charge on any atom is -0.398 e. The molecular weight excluding hydrogens is 210 g/mol. The SMILES string of the molecule is Nc1ccsc1CNCCn1ccnn1. The van der Waals surface area contributed by atoms with E-state index in [0.29, 0.717) is 0 Å². The van der Waals surface area contributed by atoms with Crippen molar-refractivity contribution >= 4 is 17.0 Å². The first kappa shape index (κ1) is 10.1. The number of hydrogen-bond acceptors (Lipinski definition) is 5. The summed E-state index contributed by atoms with van der Waals surface area (Å²) in [5, 5.41) is 12.9. The third kappa shape index (κ3) is 2.77. The molecule has 2 rings (SSSR count). The van der Waals surface area contributed by atoms with E-state index in [1.165, 1.54) is 4.88 Å². The summed E-state index contributed by atoms with van der Waals surface area (Å²) in [5.41, 5.74) is 6.63. The summed E-state index contributed by atoms with van der Waals surface area (Å²) in [6, 6.07) is 1.93. The number of thiophene rings is 1. The molecule has 0 aromatic carbocycles. The summed E-state index contributed by atoms with van der Waals surface area (Å²) in [5.74, 6) is 0. The third-order valence-corrected chi connectivity index (χ3v) is 2.99. The van der Waals surface area contributed by atoms with Gasteiger partial charge in [0, 0.05) is 29.9 Å². The maximum absolute atomic E-state index is 5.76. The molecule has 0 radical (unpaired) electrons. The Labute approximate surface area is 91.9 Å². The number of nitrogens with zero attached hydrogens (tertiary/aromatic N) is 3. The second kappa shape index (κ2) is 4.90. The number of nitrogen functional groups attached to an aromatic ring is 1. The number of aromatic nitrogens is 3. The lowest BCUT2D eigenvalue weighted by Crippen LogP contribution is -2.19. The van der Waals surface area contributed by atoms with Crippen LogP contribution in [-0.4, -0.2) is 21.5 Å². The fourth-order valence-electron chi connectivity index (χ4n) is 1.24. The van der Waals surface area contributed by atoms with E-state index >= 15 is 0 Å². The Kier molecular flexibility index (Phi) is 3.31. The predicted molar refractivity (Wildman–Crippen MR) is 60.5 cm³/mol. The zero-order valence-corrected chi connectivity index (χ0v) is 9.07. The number of hydrogen-bond donors (Lipinski definition) is 2. The van der Waals surface area contributed by atoms with Gasteiger partial charge in [0.1, 0.15) is 0 Å². The Hall–Kier alpha value is -1.40. The van der Waals surface area contributed by atoms with Crippen LogP contribution in [0.5, 0.6) is 0 Å². The van der Waals surface area contributed by atoms with E-state index in [4.69, 9.17) is 5.73 Å². The van der Waals surface area contributed by atoms with Gasteiger partial charge in [-0.15, -0.1) is 16.4 Å². The standard InChI is InChI=1S/C9H13N5S/c10-8-1-6-15-9(8)7-11-2-4-14-5-3-12-13-14/h1,3,5-6,11H,2,4,7,10H2. The van der Waals surface area contributed by atoms with E-state index in [1.807, 2.05) is 17.6 Å². The Morgan fingerprint density at radius 1 is 1.53 bits per heavy atom. The van der Waals surface area contributed by atoms with Crippen LogP contribution >= 0.6 is 11.3 Å².